The van der Waals surface area contributed by atoms with Crippen molar-refractivity contribution in [3.05, 3.63) is 35.9 Å². The van der Waals surface area contributed by atoms with Crippen molar-refractivity contribution in [1.29, 1.82) is 0 Å². The van der Waals surface area contributed by atoms with Gasteiger partial charge in [0.25, 0.3) is 0 Å². The Labute approximate surface area is 83.0 Å². The van der Waals surface area contributed by atoms with Gasteiger partial charge in [0.15, 0.2) is 0 Å². The molecule has 1 aliphatic rings. The molecule has 1 saturated heterocycles. The zero-order chi connectivity index (χ0) is 9.97. The molecule has 0 radical (unpaired) electrons. The maximum absolute atomic E-state index is 11.2. The highest BCUT2D eigenvalue weighted by Crippen LogP contribution is 2.21. The first-order chi connectivity index (χ1) is 6.81. The zero-order valence-electron chi connectivity index (χ0n) is 7.89. The number of benzene rings is 1. The summed E-state index contributed by atoms with van der Waals surface area (Å²) in [5, 5.41) is 8.96. The zero-order valence-corrected chi connectivity index (χ0v) is 7.89. The summed E-state index contributed by atoms with van der Waals surface area (Å²) >= 11 is 0. The van der Waals surface area contributed by atoms with Crippen LogP contribution in [0, 0.1) is 0 Å². The first-order valence-corrected chi connectivity index (χ1v) is 4.75. The van der Waals surface area contributed by atoms with Crippen molar-refractivity contribution in [2.24, 2.45) is 0 Å². The van der Waals surface area contributed by atoms with Crippen LogP contribution in [0.5, 0.6) is 0 Å². The third-order valence-electron chi connectivity index (χ3n) is 2.58. The number of carbonyl (C=O) groups is 1. The summed E-state index contributed by atoms with van der Waals surface area (Å²) in [6, 6.07) is 9.86. The number of hydrogen-bond acceptors (Lipinski definition) is 2. The minimum atomic E-state index is 0.0303. The van der Waals surface area contributed by atoms with Crippen LogP contribution in [0.4, 0.5) is 0 Å². The first-order valence-electron chi connectivity index (χ1n) is 4.75. The maximum atomic E-state index is 11.2. The Morgan fingerprint density at radius 3 is 2.64 bits per heavy atom. The fraction of sp³-hybridized carbons (Fsp3) is 0.364. The molecule has 0 aromatic heterocycles. The third-order valence-corrected chi connectivity index (χ3v) is 2.58. The number of hydrogen-bond donors (Lipinski definition) is 1. The van der Waals surface area contributed by atoms with Crippen LogP contribution < -0.4 is 0 Å². The molecule has 1 aromatic rings. The van der Waals surface area contributed by atoms with Crippen molar-refractivity contribution in [3.63, 3.8) is 0 Å². The van der Waals surface area contributed by atoms with Crippen LogP contribution in [-0.2, 0) is 11.3 Å². The van der Waals surface area contributed by atoms with Gasteiger partial charge in [-0.2, -0.15) is 0 Å². The topological polar surface area (TPSA) is 40.5 Å². The average molecular weight is 191 g/mol. The molecule has 0 bridgehead atoms. The van der Waals surface area contributed by atoms with E-state index in [-0.39, 0.29) is 18.6 Å². The summed E-state index contributed by atoms with van der Waals surface area (Å²) in [6.45, 7) is 0.684. The summed E-state index contributed by atoms with van der Waals surface area (Å²) in [6.07, 6.45) is 0.489. The quantitative estimate of drug-likeness (QED) is 0.717. The number of amides is 1. The van der Waals surface area contributed by atoms with E-state index in [4.69, 9.17) is 5.11 Å². The van der Waals surface area contributed by atoms with Gasteiger partial charge in [-0.3, -0.25) is 4.79 Å². The Kier molecular flexibility index (Phi) is 2.50. The van der Waals surface area contributed by atoms with E-state index in [2.05, 4.69) is 0 Å². The first kappa shape index (κ1) is 9.21. The van der Waals surface area contributed by atoms with Crippen LogP contribution in [0.2, 0.25) is 0 Å². The predicted molar refractivity (Wildman–Crippen MR) is 52.5 cm³/mol. The molecule has 0 spiro atoms. The standard InChI is InChI=1S/C11H13NO2/c13-8-10-6-11(14)12(10)7-9-4-2-1-3-5-9/h1-5,10,13H,6-8H2. The van der Waals surface area contributed by atoms with Crippen molar-refractivity contribution in [3.8, 4) is 0 Å². The predicted octanol–water partition coefficient (Wildman–Crippen LogP) is 0.780. The van der Waals surface area contributed by atoms with Gasteiger partial charge in [0.1, 0.15) is 0 Å². The lowest BCUT2D eigenvalue weighted by Crippen LogP contribution is -2.53. The Balaban J connectivity index is 2.01. The summed E-state index contributed by atoms with van der Waals surface area (Å²) in [5.41, 5.74) is 1.11. The van der Waals surface area contributed by atoms with Gasteiger partial charge in [-0.15, -0.1) is 0 Å². The van der Waals surface area contributed by atoms with Crippen molar-refractivity contribution in [2.45, 2.75) is 19.0 Å². The molecule has 1 amide bonds. The van der Waals surface area contributed by atoms with Crippen molar-refractivity contribution in [2.75, 3.05) is 6.61 Å². The average Bonchev–Trinajstić information content (AvgIpc) is 2.24. The molecule has 1 heterocycles. The second-order valence-electron chi connectivity index (χ2n) is 3.55. The monoisotopic (exact) mass is 191 g/mol. The molecule has 1 N–H and O–H groups in total. The number of rotatable bonds is 3. The van der Waals surface area contributed by atoms with E-state index in [1.165, 1.54) is 0 Å². The molecule has 1 aliphatic heterocycles. The number of carbonyl (C=O) groups excluding carboxylic acids is 1. The molecule has 0 aliphatic carbocycles. The minimum Gasteiger partial charge on any atom is -0.394 e. The van der Waals surface area contributed by atoms with E-state index in [1.54, 1.807) is 4.90 Å². The molecule has 74 valence electrons. The highest BCUT2D eigenvalue weighted by molar-refractivity contribution is 5.83. The minimum absolute atomic E-state index is 0.0303. The van der Waals surface area contributed by atoms with Crippen LogP contribution in [-0.4, -0.2) is 28.6 Å². The molecule has 1 aromatic carbocycles. The second kappa shape index (κ2) is 3.80. The number of nitrogens with zero attached hydrogens (tertiary/aromatic N) is 1. The van der Waals surface area contributed by atoms with E-state index in [1.807, 2.05) is 30.3 Å². The molecule has 14 heavy (non-hydrogen) atoms. The molecule has 1 unspecified atom stereocenters. The van der Waals surface area contributed by atoms with Crippen molar-refractivity contribution >= 4 is 5.91 Å². The molecule has 2 rings (SSSR count). The van der Waals surface area contributed by atoms with Gasteiger partial charge in [0.2, 0.25) is 5.91 Å². The van der Waals surface area contributed by atoms with Crippen LogP contribution in [0.3, 0.4) is 0 Å². The SMILES string of the molecule is O=C1CC(CO)N1Cc1ccccc1. The van der Waals surface area contributed by atoms with Gasteiger partial charge < -0.3 is 10.0 Å². The highest BCUT2D eigenvalue weighted by atomic mass is 16.3. The van der Waals surface area contributed by atoms with Crippen molar-refractivity contribution < 1.29 is 9.90 Å². The van der Waals surface area contributed by atoms with E-state index in [9.17, 15) is 4.79 Å². The number of likely N-dealkylation sites (tertiary alicyclic amines) is 1. The molecule has 1 atom stereocenters. The van der Waals surface area contributed by atoms with Gasteiger partial charge in [0.05, 0.1) is 12.6 Å². The second-order valence-corrected chi connectivity index (χ2v) is 3.55. The van der Waals surface area contributed by atoms with Crippen LogP contribution in [0.1, 0.15) is 12.0 Å². The van der Waals surface area contributed by atoms with E-state index < -0.39 is 0 Å². The Bertz CT molecular complexity index is 323. The van der Waals surface area contributed by atoms with Gasteiger partial charge in [0, 0.05) is 13.0 Å². The van der Waals surface area contributed by atoms with E-state index >= 15 is 0 Å². The molecular weight excluding hydrogens is 178 g/mol. The summed E-state index contributed by atoms with van der Waals surface area (Å²) in [7, 11) is 0. The lowest BCUT2D eigenvalue weighted by molar-refractivity contribution is -0.149. The van der Waals surface area contributed by atoms with Crippen LogP contribution >= 0.6 is 0 Å². The van der Waals surface area contributed by atoms with Gasteiger partial charge in [-0.1, -0.05) is 30.3 Å². The molecular formula is C11H13NO2. The largest absolute Gasteiger partial charge is 0.394 e. The summed E-state index contributed by atoms with van der Waals surface area (Å²) < 4.78 is 0. The van der Waals surface area contributed by atoms with Crippen LogP contribution in [0.25, 0.3) is 0 Å². The Hall–Kier alpha value is -1.35. The molecule has 3 heteroatoms. The maximum Gasteiger partial charge on any atom is 0.225 e. The fourth-order valence-electron chi connectivity index (χ4n) is 1.68. The van der Waals surface area contributed by atoms with Gasteiger partial charge in [-0.25, -0.2) is 0 Å². The Morgan fingerprint density at radius 2 is 2.07 bits per heavy atom. The van der Waals surface area contributed by atoms with Crippen LogP contribution in [0.15, 0.2) is 30.3 Å². The summed E-state index contributed by atoms with van der Waals surface area (Å²) in [4.78, 5) is 12.9. The Morgan fingerprint density at radius 1 is 1.36 bits per heavy atom. The smallest absolute Gasteiger partial charge is 0.225 e. The molecule has 0 saturated carbocycles. The molecule has 3 nitrogen and oxygen atoms in total. The highest BCUT2D eigenvalue weighted by Gasteiger charge is 2.34. The normalized spacial score (nSPS) is 20.8. The number of β-lactam (4-membered cyclic amide) rings is 1. The van der Waals surface area contributed by atoms with Gasteiger partial charge >= 0.3 is 0 Å². The molecule has 1 fully saturated rings. The number of aliphatic hydroxyl groups is 1. The summed E-state index contributed by atoms with van der Waals surface area (Å²) in [5.74, 6) is 0.132. The van der Waals surface area contributed by atoms with E-state index in [0.29, 0.717) is 13.0 Å². The van der Waals surface area contributed by atoms with E-state index in [0.717, 1.165) is 5.56 Å². The lowest BCUT2D eigenvalue weighted by atomic mass is 10.0. The fourth-order valence-corrected chi connectivity index (χ4v) is 1.68. The van der Waals surface area contributed by atoms with Crippen molar-refractivity contribution in [1.82, 2.24) is 4.90 Å². The van der Waals surface area contributed by atoms with Gasteiger partial charge in [-0.05, 0) is 5.56 Å². The third kappa shape index (κ3) is 1.63. The number of aliphatic hydroxyl groups excluding tert-OH is 1. The lowest BCUT2D eigenvalue weighted by Gasteiger charge is -2.39.